The Bertz CT molecular complexity index is 130. The molecule has 0 unspecified atom stereocenters. The fourth-order valence-electron chi connectivity index (χ4n) is 0.692. The Morgan fingerprint density at radius 2 is 2.00 bits per heavy atom. The van der Waals surface area contributed by atoms with Gasteiger partial charge in [-0.25, -0.2) is 0 Å². The van der Waals surface area contributed by atoms with Gasteiger partial charge in [-0.3, -0.25) is 4.79 Å². The van der Waals surface area contributed by atoms with E-state index >= 15 is 0 Å². The molecule has 0 aromatic heterocycles. The molecular weight excluding hydrogens is 129 g/mol. The first kappa shape index (κ1) is 9.49. The smallest absolute Gasteiger partial charge is 0.320 e. The zero-order chi connectivity index (χ0) is 8.36. The summed E-state index contributed by atoms with van der Waals surface area (Å²) in [5.74, 6) is -0.921. The van der Waals surface area contributed by atoms with Crippen LogP contribution in [0.3, 0.4) is 0 Å². The van der Waals surface area contributed by atoms with Crippen molar-refractivity contribution in [2.45, 2.75) is 26.8 Å². The summed E-state index contributed by atoms with van der Waals surface area (Å²) < 4.78 is 0. The lowest BCUT2D eigenvalue weighted by molar-refractivity contribution is -0.141. The van der Waals surface area contributed by atoms with Gasteiger partial charge in [0.05, 0.1) is 0 Å². The van der Waals surface area contributed by atoms with Crippen LogP contribution in [0.2, 0.25) is 0 Å². The van der Waals surface area contributed by atoms with Gasteiger partial charge in [-0.2, -0.15) is 0 Å². The topological polar surface area (TPSA) is 49.3 Å². The Morgan fingerprint density at radius 1 is 1.60 bits per heavy atom. The van der Waals surface area contributed by atoms with Crippen molar-refractivity contribution in [2.24, 2.45) is 5.41 Å². The lowest BCUT2D eigenvalue weighted by atomic mass is 9.86. The van der Waals surface area contributed by atoms with E-state index in [-0.39, 0.29) is 5.41 Å². The van der Waals surface area contributed by atoms with Crippen LogP contribution in [0.1, 0.15) is 20.8 Å². The summed E-state index contributed by atoms with van der Waals surface area (Å²) in [5, 5.41) is 10.8. The quantitative estimate of drug-likeness (QED) is 0.538. The lowest BCUT2D eigenvalue weighted by Crippen LogP contribution is -2.45. The standard InChI is InChI=1S/C6H12BNO2/c1-6(2,3)4(8-7)5(9)10/h4,8H,1-3H3,(H,9,10)/t4-/m1/s1. The molecule has 0 aliphatic carbocycles. The summed E-state index contributed by atoms with van der Waals surface area (Å²) >= 11 is 0. The van der Waals surface area contributed by atoms with Gasteiger partial charge in [0, 0.05) is 0 Å². The fraction of sp³-hybridized carbons (Fsp3) is 0.833. The van der Waals surface area contributed by atoms with Gasteiger partial charge in [0.15, 0.2) is 7.98 Å². The highest BCUT2D eigenvalue weighted by molar-refractivity contribution is 6.06. The van der Waals surface area contributed by atoms with Crippen molar-refractivity contribution in [3.63, 3.8) is 0 Å². The van der Waals surface area contributed by atoms with Crippen LogP contribution in [0.15, 0.2) is 0 Å². The van der Waals surface area contributed by atoms with E-state index < -0.39 is 12.0 Å². The fourth-order valence-corrected chi connectivity index (χ4v) is 0.692. The molecule has 3 nitrogen and oxygen atoms in total. The molecular formula is C6H12BNO2. The van der Waals surface area contributed by atoms with Crippen molar-refractivity contribution >= 4 is 14.0 Å². The molecule has 0 heterocycles. The van der Waals surface area contributed by atoms with Crippen molar-refractivity contribution < 1.29 is 9.90 Å². The highest BCUT2D eigenvalue weighted by atomic mass is 16.4. The molecule has 0 rings (SSSR count). The highest BCUT2D eigenvalue weighted by Crippen LogP contribution is 2.18. The molecule has 0 bridgehead atoms. The summed E-state index contributed by atoms with van der Waals surface area (Å²) in [7, 11) is 5.03. The van der Waals surface area contributed by atoms with E-state index in [2.05, 4.69) is 5.23 Å². The van der Waals surface area contributed by atoms with E-state index in [1.54, 1.807) is 0 Å². The van der Waals surface area contributed by atoms with Crippen LogP contribution >= 0.6 is 0 Å². The zero-order valence-corrected chi connectivity index (χ0v) is 6.51. The van der Waals surface area contributed by atoms with Gasteiger partial charge in [0.1, 0.15) is 6.04 Å². The maximum Gasteiger partial charge on any atom is 0.320 e. The molecule has 0 spiro atoms. The Labute approximate surface area is 62.2 Å². The van der Waals surface area contributed by atoms with Crippen LogP contribution in [0, 0.1) is 5.41 Å². The normalized spacial score (nSPS) is 14.7. The average Bonchev–Trinajstić information content (AvgIpc) is 1.60. The highest BCUT2D eigenvalue weighted by Gasteiger charge is 2.28. The van der Waals surface area contributed by atoms with E-state index in [1.807, 2.05) is 20.8 Å². The molecule has 2 radical (unpaired) electrons. The van der Waals surface area contributed by atoms with Crippen molar-refractivity contribution in [3.05, 3.63) is 0 Å². The Morgan fingerprint density at radius 3 is 2.00 bits per heavy atom. The van der Waals surface area contributed by atoms with Crippen LogP contribution in [0.5, 0.6) is 0 Å². The number of hydrogen-bond acceptors (Lipinski definition) is 2. The molecule has 0 saturated heterocycles. The third-order valence-electron chi connectivity index (χ3n) is 1.28. The summed E-state index contributed by atoms with van der Waals surface area (Å²) in [4.78, 5) is 10.4. The second-order valence-electron chi connectivity index (χ2n) is 3.30. The molecule has 56 valence electrons. The number of carbonyl (C=O) groups is 1. The number of carboxylic acids is 1. The minimum absolute atomic E-state index is 0.347. The summed E-state index contributed by atoms with van der Waals surface area (Å²) in [6.07, 6.45) is 0. The molecule has 0 aliphatic heterocycles. The minimum Gasteiger partial charge on any atom is -0.480 e. The van der Waals surface area contributed by atoms with Gasteiger partial charge in [-0.15, -0.1) is 0 Å². The van der Waals surface area contributed by atoms with E-state index in [4.69, 9.17) is 13.1 Å². The minimum atomic E-state index is -0.921. The second kappa shape index (κ2) is 3.06. The van der Waals surface area contributed by atoms with Crippen molar-refractivity contribution in [2.75, 3.05) is 0 Å². The molecule has 4 heteroatoms. The molecule has 1 atom stereocenters. The molecule has 0 saturated carbocycles. The van der Waals surface area contributed by atoms with E-state index in [1.165, 1.54) is 0 Å². The number of carboxylic acid groups (broad SMARTS) is 1. The summed E-state index contributed by atoms with van der Waals surface area (Å²) in [6.45, 7) is 5.43. The first-order valence-corrected chi connectivity index (χ1v) is 3.08. The van der Waals surface area contributed by atoms with Crippen LogP contribution in [0.25, 0.3) is 0 Å². The van der Waals surface area contributed by atoms with Gasteiger partial charge in [0.25, 0.3) is 0 Å². The largest absolute Gasteiger partial charge is 0.480 e. The maximum absolute atomic E-state index is 10.4. The van der Waals surface area contributed by atoms with Crippen LogP contribution in [0.4, 0.5) is 0 Å². The number of nitrogens with one attached hydrogen (secondary N) is 1. The van der Waals surface area contributed by atoms with Crippen molar-refractivity contribution in [3.8, 4) is 0 Å². The van der Waals surface area contributed by atoms with Crippen LogP contribution in [-0.4, -0.2) is 25.1 Å². The molecule has 0 aromatic carbocycles. The third-order valence-corrected chi connectivity index (χ3v) is 1.28. The summed E-state index contributed by atoms with van der Waals surface area (Å²) in [5.41, 5.74) is -0.347. The molecule has 0 amide bonds. The number of rotatable bonds is 2. The molecule has 0 aromatic rings. The SMILES string of the molecule is [B]N[C@H](C(=O)O)C(C)(C)C. The first-order chi connectivity index (χ1) is 4.39. The lowest BCUT2D eigenvalue weighted by Gasteiger charge is -2.26. The third kappa shape index (κ3) is 2.39. The van der Waals surface area contributed by atoms with Gasteiger partial charge in [-0.05, 0) is 5.41 Å². The van der Waals surface area contributed by atoms with Gasteiger partial charge >= 0.3 is 5.97 Å². The van der Waals surface area contributed by atoms with Crippen molar-refractivity contribution in [1.82, 2.24) is 5.23 Å². The Balaban J connectivity index is 4.22. The molecule has 0 aliphatic rings. The number of hydrogen-bond donors (Lipinski definition) is 2. The van der Waals surface area contributed by atoms with E-state index in [0.717, 1.165) is 0 Å². The predicted octanol–water partition coefficient (Wildman–Crippen LogP) is 0.159. The summed E-state index contributed by atoms with van der Waals surface area (Å²) in [6, 6.07) is -0.688. The molecule has 2 N–H and O–H groups in total. The van der Waals surface area contributed by atoms with Crippen LogP contribution in [-0.2, 0) is 4.79 Å². The zero-order valence-electron chi connectivity index (χ0n) is 6.51. The van der Waals surface area contributed by atoms with Gasteiger partial charge in [0.2, 0.25) is 0 Å². The van der Waals surface area contributed by atoms with E-state index in [0.29, 0.717) is 0 Å². The molecule has 0 fully saturated rings. The Hall–Kier alpha value is -0.505. The Kier molecular flexibility index (Phi) is 2.90. The monoisotopic (exact) mass is 141 g/mol. The average molecular weight is 141 g/mol. The molecule has 10 heavy (non-hydrogen) atoms. The van der Waals surface area contributed by atoms with Gasteiger partial charge < -0.3 is 10.3 Å². The van der Waals surface area contributed by atoms with Crippen molar-refractivity contribution in [1.29, 1.82) is 0 Å². The first-order valence-electron chi connectivity index (χ1n) is 3.08. The van der Waals surface area contributed by atoms with Crippen LogP contribution < -0.4 is 5.23 Å². The van der Waals surface area contributed by atoms with Gasteiger partial charge in [-0.1, -0.05) is 20.8 Å². The van der Waals surface area contributed by atoms with E-state index in [9.17, 15) is 4.79 Å². The predicted molar refractivity (Wildman–Crippen MR) is 39.8 cm³/mol. The maximum atomic E-state index is 10.4. The number of aliphatic carboxylic acids is 1. The second-order valence-corrected chi connectivity index (χ2v) is 3.30.